The second-order valence-electron chi connectivity index (χ2n) is 4.94. The summed E-state index contributed by atoms with van der Waals surface area (Å²) in [5.41, 5.74) is 7.55. The lowest BCUT2D eigenvalue weighted by molar-refractivity contribution is 0.474. The molecule has 0 saturated carbocycles. The molecule has 0 atom stereocenters. The summed E-state index contributed by atoms with van der Waals surface area (Å²) in [5.74, 6) is -0.293. The summed E-state index contributed by atoms with van der Waals surface area (Å²) in [6.07, 6.45) is 5.66. The minimum atomic E-state index is -0.364. The van der Waals surface area contributed by atoms with E-state index in [1.54, 1.807) is 50.3 Å². The van der Waals surface area contributed by atoms with Gasteiger partial charge in [-0.2, -0.15) is 0 Å². The quantitative estimate of drug-likeness (QED) is 0.550. The number of nitrogens with zero attached hydrogens (tertiary/aromatic N) is 1. The molecular weight excluding hydrogens is 303 g/mol. The first kappa shape index (κ1) is 21.6. The number of aliphatic imine (C=N–C) groups is 1. The van der Waals surface area contributed by atoms with Gasteiger partial charge in [-0.25, -0.2) is 4.39 Å². The molecule has 0 bridgehead atoms. The molecule has 0 aliphatic carbocycles. The van der Waals surface area contributed by atoms with Crippen molar-refractivity contribution in [2.45, 2.75) is 41.0 Å². The van der Waals surface area contributed by atoms with Crippen LogP contribution >= 0.6 is 0 Å². The third kappa shape index (κ3) is 7.27. The Bertz CT molecular complexity index is 624. The van der Waals surface area contributed by atoms with Gasteiger partial charge in [0.05, 0.1) is 12.3 Å². The van der Waals surface area contributed by atoms with Crippen LogP contribution in [0.15, 0.2) is 64.6 Å². The summed E-state index contributed by atoms with van der Waals surface area (Å²) in [7, 11) is 0. The first-order valence-electron chi connectivity index (χ1n) is 8.25. The van der Waals surface area contributed by atoms with Crippen LogP contribution in [0.2, 0.25) is 0 Å². The maximum Gasteiger partial charge on any atom is 0.127 e. The van der Waals surface area contributed by atoms with Gasteiger partial charge in [-0.15, -0.1) is 0 Å². The molecule has 3 nitrogen and oxygen atoms in total. The van der Waals surface area contributed by atoms with Crippen LogP contribution < -0.4 is 5.73 Å². The molecule has 24 heavy (non-hydrogen) atoms. The highest BCUT2D eigenvalue weighted by atomic mass is 19.1. The number of para-hydroxylation sites is 1. The number of hydrogen-bond acceptors (Lipinski definition) is 3. The van der Waals surface area contributed by atoms with Gasteiger partial charge < -0.3 is 10.8 Å². The van der Waals surface area contributed by atoms with Crippen LogP contribution in [0.5, 0.6) is 5.75 Å². The molecule has 0 aliphatic heterocycles. The third-order valence-corrected chi connectivity index (χ3v) is 3.04. The third-order valence-electron chi connectivity index (χ3n) is 3.04. The van der Waals surface area contributed by atoms with Gasteiger partial charge in [0.1, 0.15) is 11.6 Å². The summed E-state index contributed by atoms with van der Waals surface area (Å²) in [4.78, 5) is 4.39. The number of phenolic OH excluding ortho intramolecular Hbond substituents is 1. The van der Waals surface area contributed by atoms with Crippen molar-refractivity contribution in [3.63, 3.8) is 0 Å². The molecule has 4 heteroatoms. The molecule has 1 aromatic carbocycles. The van der Waals surface area contributed by atoms with Crippen LogP contribution in [0.4, 0.5) is 4.39 Å². The highest BCUT2D eigenvalue weighted by Crippen LogP contribution is 2.23. The minimum Gasteiger partial charge on any atom is -0.507 e. The topological polar surface area (TPSA) is 58.6 Å². The van der Waals surface area contributed by atoms with Gasteiger partial charge >= 0.3 is 0 Å². The molecule has 0 aromatic heterocycles. The van der Waals surface area contributed by atoms with Crippen LogP contribution in [0.3, 0.4) is 0 Å². The van der Waals surface area contributed by atoms with Crippen molar-refractivity contribution >= 4 is 5.71 Å². The Morgan fingerprint density at radius 1 is 1.25 bits per heavy atom. The first-order chi connectivity index (χ1) is 11.5. The fourth-order valence-corrected chi connectivity index (χ4v) is 1.82. The molecule has 0 spiro atoms. The fraction of sp³-hybridized carbons (Fsp3) is 0.350. The minimum absolute atomic E-state index is 0.0707. The number of hydrogen-bond donors (Lipinski definition) is 2. The number of halogens is 1. The van der Waals surface area contributed by atoms with Crippen molar-refractivity contribution in [3.8, 4) is 5.75 Å². The average molecular weight is 332 g/mol. The van der Waals surface area contributed by atoms with Gasteiger partial charge in [-0.1, -0.05) is 39.0 Å². The van der Waals surface area contributed by atoms with Crippen molar-refractivity contribution in [3.05, 3.63) is 65.2 Å². The number of allylic oxidation sites excluding steroid dienone is 5. The summed E-state index contributed by atoms with van der Waals surface area (Å²) >= 11 is 0. The van der Waals surface area contributed by atoms with E-state index in [1.807, 2.05) is 20.8 Å². The van der Waals surface area contributed by atoms with Gasteiger partial charge in [0.15, 0.2) is 0 Å². The van der Waals surface area contributed by atoms with Crippen LogP contribution in [-0.4, -0.2) is 17.4 Å². The second-order valence-corrected chi connectivity index (χ2v) is 4.94. The van der Waals surface area contributed by atoms with E-state index in [-0.39, 0.29) is 11.6 Å². The standard InChI is InChI=1S/C18H23FN2O.C2H6/c1-4-5-9-16(19)14(3)18(21-12-11-13(2)20)15-8-6-7-10-17(15)22;1-2/h5-11,22H,4,12,20H2,1-3H3;1-2H3/b9-5-,13-11+,16-14-,21-18?;. The molecule has 0 aliphatic rings. The molecular formula is C20H29FN2O. The SMILES string of the molecule is CC.CC/C=C\C(F)=C(/C)C(=NC/C=C(\C)N)c1ccccc1O. The summed E-state index contributed by atoms with van der Waals surface area (Å²) in [5, 5.41) is 10.0. The van der Waals surface area contributed by atoms with Crippen LogP contribution in [0.25, 0.3) is 0 Å². The zero-order valence-corrected chi connectivity index (χ0v) is 15.3. The number of rotatable bonds is 6. The summed E-state index contributed by atoms with van der Waals surface area (Å²) in [6.45, 7) is 9.68. The number of aromatic hydroxyl groups is 1. The molecule has 0 fully saturated rings. The molecule has 1 rings (SSSR count). The molecule has 0 heterocycles. The predicted octanol–water partition coefficient (Wildman–Crippen LogP) is 5.28. The normalized spacial score (nSPS) is 13.4. The van der Waals surface area contributed by atoms with Gasteiger partial charge in [0.25, 0.3) is 0 Å². The molecule has 0 saturated heterocycles. The smallest absolute Gasteiger partial charge is 0.127 e. The number of benzene rings is 1. The predicted molar refractivity (Wildman–Crippen MR) is 102 cm³/mol. The van der Waals surface area contributed by atoms with E-state index in [9.17, 15) is 9.50 Å². The van der Waals surface area contributed by atoms with Crippen LogP contribution in [0, 0.1) is 0 Å². The largest absolute Gasteiger partial charge is 0.507 e. The highest BCUT2D eigenvalue weighted by molar-refractivity contribution is 6.14. The molecule has 0 radical (unpaired) electrons. The van der Waals surface area contributed by atoms with Crippen molar-refractivity contribution in [1.29, 1.82) is 0 Å². The van der Waals surface area contributed by atoms with E-state index in [4.69, 9.17) is 5.73 Å². The van der Waals surface area contributed by atoms with Crippen molar-refractivity contribution in [2.24, 2.45) is 10.7 Å². The average Bonchev–Trinajstić information content (AvgIpc) is 2.58. The van der Waals surface area contributed by atoms with Gasteiger partial charge in [-0.05, 0) is 44.6 Å². The lowest BCUT2D eigenvalue weighted by Crippen LogP contribution is -2.06. The van der Waals surface area contributed by atoms with Gasteiger partial charge in [0.2, 0.25) is 0 Å². The molecule has 3 N–H and O–H groups in total. The van der Waals surface area contributed by atoms with Gasteiger partial charge in [0, 0.05) is 16.8 Å². The molecule has 1 aromatic rings. The highest BCUT2D eigenvalue weighted by Gasteiger charge is 2.13. The Morgan fingerprint density at radius 3 is 2.42 bits per heavy atom. The monoisotopic (exact) mass is 332 g/mol. The van der Waals surface area contributed by atoms with E-state index >= 15 is 0 Å². The Kier molecular flexibility index (Phi) is 10.9. The Hall–Kier alpha value is -2.36. The Labute approximate surface area is 145 Å². The first-order valence-corrected chi connectivity index (χ1v) is 8.25. The van der Waals surface area contributed by atoms with Crippen molar-refractivity contribution < 1.29 is 9.50 Å². The fourth-order valence-electron chi connectivity index (χ4n) is 1.82. The summed E-state index contributed by atoms with van der Waals surface area (Å²) in [6, 6.07) is 6.77. The maximum absolute atomic E-state index is 14.2. The molecule has 0 amide bonds. The van der Waals surface area contributed by atoms with E-state index in [2.05, 4.69) is 4.99 Å². The van der Waals surface area contributed by atoms with Crippen molar-refractivity contribution in [1.82, 2.24) is 0 Å². The molecule has 0 unspecified atom stereocenters. The maximum atomic E-state index is 14.2. The van der Waals surface area contributed by atoms with Crippen molar-refractivity contribution in [2.75, 3.05) is 6.54 Å². The zero-order valence-electron chi connectivity index (χ0n) is 15.3. The number of phenols is 1. The second kappa shape index (κ2) is 12.1. The number of nitrogens with two attached hydrogens (primary N) is 1. The van der Waals surface area contributed by atoms with E-state index in [1.165, 1.54) is 6.08 Å². The molecule has 132 valence electrons. The van der Waals surface area contributed by atoms with E-state index < -0.39 is 0 Å². The Morgan fingerprint density at radius 2 is 1.88 bits per heavy atom. The van der Waals surface area contributed by atoms with Crippen LogP contribution in [-0.2, 0) is 0 Å². The summed E-state index contributed by atoms with van der Waals surface area (Å²) < 4.78 is 14.2. The van der Waals surface area contributed by atoms with E-state index in [0.717, 1.165) is 6.42 Å². The zero-order chi connectivity index (χ0) is 18.5. The van der Waals surface area contributed by atoms with E-state index in [0.29, 0.717) is 29.1 Å². The Balaban J connectivity index is 0.00000254. The lowest BCUT2D eigenvalue weighted by Gasteiger charge is -2.10. The van der Waals surface area contributed by atoms with Gasteiger partial charge in [-0.3, -0.25) is 4.99 Å². The lowest BCUT2D eigenvalue weighted by atomic mass is 10.0. The van der Waals surface area contributed by atoms with Crippen LogP contribution in [0.1, 0.15) is 46.6 Å².